The Labute approximate surface area is 87.5 Å². The predicted molar refractivity (Wildman–Crippen MR) is 56.3 cm³/mol. The number of nitrogens with zero attached hydrogens (tertiary/aromatic N) is 1. The van der Waals surface area contributed by atoms with Crippen molar-refractivity contribution in [3.63, 3.8) is 0 Å². The monoisotopic (exact) mass is 207 g/mol. The van der Waals surface area contributed by atoms with E-state index in [0.29, 0.717) is 5.02 Å². The first kappa shape index (κ1) is 9.28. The first-order valence-corrected chi connectivity index (χ1v) is 4.89. The molecule has 0 N–H and O–H groups in total. The molecule has 0 radical (unpaired) electrons. The normalized spacial score (nSPS) is 10.4. The highest BCUT2D eigenvalue weighted by Crippen LogP contribution is 2.26. The fourth-order valence-corrected chi connectivity index (χ4v) is 1.51. The molecule has 0 aliphatic carbocycles. The summed E-state index contributed by atoms with van der Waals surface area (Å²) in [6.45, 7) is 2.02. The van der Waals surface area contributed by atoms with Gasteiger partial charge in [-0.3, -0.25) is 0 Å². The summed E-state index contributed by atoms with van der Waals surface area (Å²) >= 11 is 6.03. The molecule has 0 saturated carbocycles. The van der Waals surface area contributed by atoms with Gasteiger partial charge < -0.3 is 4.52 Å². The van der Waals surface area contributed by atoms with Gasteiger partial charge in [0.15, 0.2) is 0 Å². The zero-order valence-electron chi connectivity index (χ0n) is 7.83. The largest absolute Gasteiger partial charge is 0.361 e. The first-order valence-electron chi connectivity index (χ1n) is 4.51. The molecule has 0 spiro atoms. The molecule has 0 bridgehead atoms. The Morgan fingerprint density at radius 1 is 1.36 bits per heavy atom. The van der Waals surface area contributed by atoms with E-state index in [-0.39, 0.29) is 0 Å². The molecule has 0 unspecified atom stereocenters. The van der Waals surface area contributed by atoms with Gasteiger partial charge in [0, 0.05) is 18.1 Å². The van der Waals surface area contributed by atoms with Crippen LogP contribution in [0.25, 0.3) is 11.3 Å². The van der Waals surface area contributed by atoms with Crippen molar-refractivity contribution in [2.75, 3.05) is 0 Å². The summed E-state index contributed by atoms with van der Waals surface area (Å²) in [6, 6.07) is 9.52. The highest BCUT2D eigenvalue weighted by molar-refractivity contribution is 6.33. The molecular formula is C11H10ClNO. The number of hydrogen-bond donors (Lipinski definition) is 0. The molecule has 1 aromatic heterocycles. The molecule has 14 heavy (non-hydrogen) atoms. The molecule has 3 heteroatoms. The van der Waals surface area contributed by atoms with Crippen LogP contribution >= 0.6 is 11.6 Å². The van der Waals surface area contributed by atoms with Crippen LogP contribution in [0.5, 0.6) is 0 Å². The van der Waals surface area contributed by atoms with Crippen LogP contribution in [-0.4, -0.2) is 5.16 Å². The average molecular weight is 208 g/mol. The summed E-state index contributed by atoms with van der Waals surface area (Å²) < 4.78 is 5.11. The van der Waals surface area contributed by atoms with Gasteiger partial charge in [-0.25, -0.2) is 0 Å². The van der Waals surface area contributed by atoms with Crippen LogP contribution in [0.3, 0.4) is 0 Å². The van der Waals surface area contributed by atoms with Crippen LogP contribution in [0.2, 0.25) is 5.02 Å². The number of aryl methyl sites for hydroxylation is 1. The van der Waals surface area contributed by atoms with E-state index in [2.05, 4.69) is 5.16 Å². The summed E-state index contributed by atoms with van der Waals surface area (Å²) in [7, 11) is 0. The van der Waals surface area contributed by atoms with Crippen molar-refractivity contribution in [3.8, 4) is 11.3 Å². The quantitative estimate of drug-likeness (QED) is 0.753. The number of aromatic nitrogens is 1. The van der Waals surface area contributed by atoms with Gasteiger partial charge in [0.25, 0.3) is 0 Å². The maximum Gasteiger partial charge on any atom is 0.137 e. The minimum atomic E-state index is 0.698. The topological polar surface area (TPSA) is 26.0 Å². The van der Waals surface area contributed by atoms with E-state index in [1.165, 1.54) is 0 Å². The lowest BCUT2D eigenvalue weighted by atomic mass is 10.1. The second kappa shape index (κ2) is 3.84. The van der Waals surface area contributed by atoms with Crippen molar-refractivity contribution in [2.24, 2.45) is 0 Å². The van der Waals surface area contributed by atoms with Gasteiger partial charge in [0.05, 0.1) is 5.02 Å². The van der Waals surface area contributed by atoms with Gasteiger partial charge in [0.2, 0.25) is 0 Å². The summed E-state index contributed by atoms with van der Waals surface area (Å²) in [5, 5.41) is 4.66. The molecule has 0 aliphatic rings. The van der Waals surface area contributed by atoms with Crippen molar-refractivity contribution in [1.82, 2.24) is 5.16 Å². The molecular weight excluding hydrogens is 198 g/mol. The second-order valence-corrected chi connectivity index (χ2v) is 3.42. The van der Waals surface area contributed by atoms with Gasteiger partial charge in [-0.2, -0.15) is 0 Å². The number of halogens is 1. The van der Waals surface area contributed by atoms with Crippen LogP contribution in [0.1, 0.15) is 12.7 Å². The van der Waals surface area contributed by atoms with Gasteiger partial charge in [0.1, 0.15) is 11.5 Å². The zero-order chi connectivity index (χ0) is 9.97. The number of hydrogen-bond acceptors (Lipinski definition) is 2. The Balaban J connectivity index is 2.44. The third kappa shape index (κ3) is 1.66. The molecule has 2 aromatic rings. The fraction of sp³-hybridized carbons (Fsp3) is 0.182. The maximum atomic E-state index is 6.03. The Hall–Kier alpha value is -1.28. The van der Waals surface area contributed by atoms with Crippen LogP contribution in [0, 0.1) is 0 Å². The SMILES string of the molecule is CCc1cc(-c2ccccc2Cl)no1. The van der Waals surface area contributed by atoms with Crippen molar-refractivity contribution < 1.29 is 4.52 Å². The first-order chi connectivity index (χ1) is 6.81. The minimum Gasteiger partial charge on any atom is -0.361 e. The molecule has 0 aliphatic heterocycles. The van der Waals surface area contributed by atoms with Crippen LogP contribution < -0.4 is 0 Å². The number of rotatable bonds is 2. The molecule has 2 nitrogen and oxygen atoms in total. The van der Waals surface area contributed by atoms with Gasteiger partial charge >= 0.3 is 0 Å². The Morgan fingerprint density at radius 3 is 2.79 bits per heavy atom. The summed E-state index contributed by atoms with van der Waals surface area (Å²) in [4.78, 5) is 0. The van der Waals surface area contributed by atoms with Gasteiger partial charge in [-0.05, 0) is 6.07 Å². The fourth-order valence-electron chi connectivity index (χ4n) is 1.28. The van der Waals surface area contributed by atoms with Crippen molar-refractivity contribution in [3.05, 3.63) is 41.1 Å². The zero-order valence-corrected chi connectivity index (χ0v) is 8.58. The smallest absolute Gasteiger partial charge is 0.137 e. The molecule has 1 aromatic carbocycles. The van der Waals surface area contributed by atoms with E-state index >= 15 is 0 Å². The Bertz CT molecular complexity index is 436. The standard InChI is InChI=1S/C11H10ClNO/c1-2-8-7-11(13-14-8)9-5-3-4-6-10(9)12/h3-7H,2H2,1H3. The lowest BCUT2D eigenvalue weighted by molar-refractivity contribution is 0.389. The minimum absolute atomic E-state index is 0.698. The summed E-state index contributed by atoms with van der Waals surface area (Å²) in [5.74, 6) is 0.875. The second-order valence-electron chi connectivity index (χ2n) is 3.01. The van der Waals surface area contributed by atoms with Gasteiger partial charge in [-0.15, -0.1) is 0 Å². The van der Waals surface area contributed by atoms with Crippen molar-refractivity contribution >= 4 is 11.6 Å². The maximum absolute atomic E-state index is 6.03. The van der Waals surface area contributed by atoms with Crippen molar-refractivity contribution in [2.45, 2.75) is 13.3 Å². The van der Waals surface area contributed by atoms with E-state index in [4.69, 9.17) is 16.1 Å². The Kier molecular flexibility index (Phi) is 2.55. The summed E-state index contributed by atoms with van der Waals surface area (Å²) in [6.07, 6.45) is 0.845. The molecule has 2 rings (SSSR count). The van der Waals surface area contributed by atoms with E-state index in [1.54, 1.807) is 0 Å². The predicted octanol–water partition coefficient (Wildman–Crippen LogP) is 3.56. The average Bonchev–Trinajstić information content (AvgIpc) is 2.67. The van der Waals surface area contributed by atoms with Gasteiger partial charge in [-0.1, -0.05) is 41.9 Å². The van der Waals surface area contributed by atoms with Crippen LogP contribution in [-0.2, 0) is 6.42 Å². The third-order valence-electron chi connectivity index (χ3n) is 2.06. The van der Waals surface area contributed by atoms with E-state index in [1.807, 2.05) is 37.3 Å². The molecule has 0 atom stereocenters. The molecule has 1 heterocycles. The highest BCUT2D eigenvalue weighted by Gasteiger charge is 2.07. The van der Waals surface area contributed by atoms with Crippen LogP contribution in [0.15, 0.2) is 34.9 Å². The number of benzene rings is 1. The lowest BCUT2D eigenvalue weighted by Crippen LogP contribution is -1.77. The van der Waals surface area contributed by atoms with Crippen LogP contribution in [0.4, 0.5) is 0 Å². The van der Waals surface area contributed by atoms with E-state index in [0.717, 1.165) is 23.4 Å². The highest BCUT2D eigenvalue weighted by atomic mass is 35.5. The molecule has 0 amide bonds. The Morgan fingerprint density at radius 2 is 2.14 bits per heavy atom. The van der Waals surface area contributed by atoms with E-state index in [9.17, 15) is 0 Å². The third-order valence-corrected chi connectivity index (χ3v) is 2.39. The molecule has 0 fully saturated rings. The molecule has 72 valence electrons. The summed E-state index contributed by atoms with van der Waals surface area (Å²) in [5.41, 5.74) is 1.71. The lowest BCUT2D eigenvalue weighted by Gasteiger charge is -1.96. The molecule has 0 saturated heterocycles. The van der Waals surface area contributed by atoms with Crippen molar-refractivity contribution in [1.29, 1.82) is 0 Å². The van der Waals surface area contributed by atoms with E-state index < -0.39 is 0 Å².